The van der Waals surface area contributed by atoms with E-state index in [2.05, 4.69) is 6.58 Å². The van der Waals surface area contributed by atoms with E-state index < -0.39 is 0 Å². The zero-order chi connectivity index (χ0) is 13.8. The number of nitrogens with zero attached hydrogens (tertiary/aromatic N) is 1. The summed E-state index contributed by atoms with van der Waals surface area (Å²) in [4.78, 5) is 14.5. The molecule has 0 bridgehead atoms. The zero-order valence-electron chi connectivity index (χ0n) is 10.9. The second-order valence-electron chi connectivity index (χ2n) is 4.89. The summed E-state index contributed by atoms with van der Waals surface area (Å²) in [5, 5.41) is 0.427. The topological polar surface area (TPSA) is 46.3 Å². The van der Waals surface area contributed by atoms with Crippen molar-refractivity contribution in [3.05, 3.63) is 41.4 Å². The molecule has 0 radical (unpaired) electrons. The zero-order valence-corrected chi connectivity index (χ0v) is 11.7. The van der Waals surface area contributed by atoms with E-state index in [0.717, 1.165) is 12.8 Å². The van der Waals surface area contributed by atoms with Gasteiger partial charge < -0.3 is 10.6 Å². The average Bonchev–Trinajstić information content (AvgIpc) is 2.92. The molecule has 0 aromatic heterocycles. The van der Waals surface area contributed by atoms with Crippen molar-refractivity contribution in [3.8, 4) is 0 Å². The summed E-state index contributed by atoms with van der Waals surface area (Å²) in [5.74, 6) is -0.0493. The highest BCUT2D eigenvalue weighted by atomic mass is 35.5. The molecule has 4 heteroatoms. The van der Waals surface area contributed by atoms with Gasteiger partial charge in [-0.2, -0.15) is 0 Å². The van der Waals surface area contributed by atoms with Gasteiger partial charge in [-0.25, -0.2) is 0 Å². The van der Waals surface area contributed by atoms with E-state index >= 15 is 0 Å². The van der Waals surface area contributed by atoms with Gasteiger partial charge in [0.1, 0.15) is 0 Å². The molecule has 19 heavy (non-hydrogen) atoms. The smallest absolute Gasteiger partial charge is 0.256 e. The van der Waals surface area contributed by atoms with Crippen molar-refractivity contribution in [3.63, 3.8) is 0 Å². The van der Waals surface area contributed by atoms with Crippen LogP contribution >= 0.6 is 11.6 Å². The van der Waals surface area contributed by atoms with Crippen molar-refractivity contribution in [1.82, 2.24) is 4.90 Å². The van der Waals surface area contributed by atoms with Crippen molar-refractivity contribution < 1.29 is 4.79 Å². The van der Waals surface area contributed by atoms with Gasteiger partial charge in [-0.3, -0.25) is 4.79 Å². The summed E-state index contributed by atoms with van der Waals surface area (Å²) in [7, 11) is 0. The van der Waals surface area contributed by atoms with Crippen LogP contribution in [-0.4, -0.2) is 23.4 Å². The number of anilines is 1. The van der Waals surface area contributed by atoms with Crippen LogP contribution in [0.3, 0.4) is 0 Å². The van der Waals surface area contributed by atoms with Crippen molar-refractivity contribution in [2.45, 2.75) is 31.7 Å². The molecule has 0 unspecified atom stereocenters. The van der Waals surface area contributed by atoms with Crippen LogP contribution in [0.1, 0.15) is 36.0 Å². The Morgan fingerprint density at radius 3 is 2.79 bits per heavy atom. The third-order valence-corrected chi connectivity index (χ3v) is 3.97. The van der Waals surface area contributed by atoms with E-state index in [0.29, 0.717) is 28.9 Å². The lowest BCUT2D eigenvalue weighted by molar-refractivity contribution is 0.0707. The number of rotatable bonds is 4. The Kier molecular flexibility index (Phi) is 4.48. The van der Waals surface area contributed by atoms with Gasteiger partial charge in [0.15, 0.2) is 0 Å². The standard InChI is InChI=1S/C15H19ClN2O/c1-2-10-18(11-6-3-4-7-11)15(19)12-8-5-9-13(16)14(12)17/h2,5,8-9,11H,1,3-4,6-7,10,17H2. The van der Waals surface area contributed by atoms with Crippen LogP contribution in [0.2, 0.25) is 5.02 Å². The second-order valence-corrected chi connectivity index (χ2v) is 5.29. The fourth-order valence-corrected chi connectivity index (χ4v) is 2.81. The summed E-state index contributed by atoms with van der Waals surface area (Å²) in [6.45, 7) is 4.29. The summed E-state index contributed by atoms with van der Waals surface area (Å²) in [6, 6.07) is 5.48. The molecule has 1 fully saturated rings. The first-order valence-electron chi connectivity index (χ1n) is 6.61. The van der Waals surface area contributed by atoms with E-state index in [4.69, 9.17) is 17.3 Å². The maximum Gasteiger partial charge on any atom is 0.256 e. The Hall–Kier alpha value is -1.48. The van der Waals surface area contributed by atoms with Crippen LogP contribution in [0.5, 0.6) is 0 Å². The third-order valence-electron chi connectivity index (χ3n) is 3.64. The van der Waals surface area contributed by atoms with Crippen LogP contribution in [0.4, 0.5) is 5.69 Å². The third kappa shape index (κ3) is 2.92. The Morgan fingerprint density at radius 1 is 1.47 bits per heavy atom. The molecular formula is C15H19ClN2O. The first-order chi connectivity index (χ1) is 9.15. The van der Waals surface area contributed by atoms with Gasteiger partial charge in [0.2, 0.25) is 0 Å². The molecule has 102 valence electrons. The molecule has 1 amide bonds. The molecule has 2 rings (SSSR count). The molecule has 0 saturated heterocycles. The minimum atomic E-state index is -0.0493. The normalized spacial score (nSPS) is 15.4. The van der Waals surface area contributed by atoms with Gasteiger partial charge in [-0.15, -0.1) is 6.58 Å². The van der Waals surface area contributed by atoms with Crippen molar-refractivity contribution in [2.75, 3.05) is 12.3 Å². The van der Waals surface area contributed by atoms with Crippen molar-refractivity contribution >= 4 is 23.2 Å². The lowest BCUT2D eigenvalue weighted by Gasteiger charge is -2.28. The molecule has 3 nitrogen and oxygen atoms in total. The lowest BCUT2D eigenvalue weighted by atomic mass is 10.1. The summed E-state index contributed by atoms with van der Waals surface area (Å²) >= 11 is 5.98. The van der Waals surface area contributed by atoms with Gasteiger partial charge in [0, 0.05) is 12.6 Å². The fourth-order valence-electron chi connectivity index (χ4n) is 2.63. The molecule has 0 aliphatic heterocycles. The Morgan fingerprint density at radius 2 is 2.16 bits per heavy atom. The van der Waals surface area contributed by atoms with E-state index in [9.17, 15) is 4.79 Å². The Labute approximate surface area is 119 Å². The fraction of sp³-hybridized carbons (Fsp3) is 0.400. The van der Waals surface area contributed by atoms with E-state index in [-0.39, 0.29) is 5.91 Å². The van der Waals surface area contributed by atoms with Crippen LogP contribution in [0.15, 0.2) is 30.9 Å². The van der Waals surface area contributed by atoms with Gasteiger partial charge in [0.05, 0.1) is 16.3 Å². The highest BCUT2D eigenvalue weighted by Gasteiger charge is 2.27. The number of halogens is 1. The molecule has 2 N–H and O–H groups in total. The van der Waals surface area contributed by atoms with E-state index in [1.54, 1.807) is 24.3 Å². The van der Waals surface area contributed by atoms with Crippen LogP contribution in [0.25, 0.3) is 0 Å². The SMILES string of the molecule is C=CCN(C(=O)c1cccc(Cl)c1N)C1CCCC1. The van der Waals surface area contributed by atoms with Crippen molar-refractivity contribution in [2.24, 2.45) is 0 Å². The Bertz CT molecular complexity index is 481. The second kappa shape index (κ2) is 6.11. The Balaban J connectivity index is 2.28. The molecule has 1 aliphatic rings. The minimum Gasteiger partial charge on any atom is -0.397 e. The molecular weight excluding hydrogens is 260 g/mol. The largest absolute Gasteiger partial charge is 0.397 e. The summed E-state index contributed by atoms with van der Waals surface area (Å²) in [6.07, 6.45) is 6.23. The average molecular weight is 279 g/mol. The summed E-state index contributed by atoms with van der Waals surface area (Å²) < 4.78 is 0. The molecule has 1 aromatic carbocycles. The molecule has 1 saturated carbocycles. The number of benzene rings is 1. The maximum atomic E-state index is 12.6. The molecule has 0 spiro atoms. The van der Waals surface area contributed by atoms with Gasteiger partial charge >= 0.3 is 0 Å². The quantitative estimate of drug-likeness (QED) is 0.677. The number of hydrogen-bond donors (Lipinski definition) is 1. The number of amides is 1. The van der Waals surface area contributed by atoms with E-state index in [1.807, 2.05) is 4.90 Å². The van der Waals surface area contributed by atoms with Crippen LogP contribution < -0.4 is 5.73 Å². The molecule has 0 atom stereocenters. The number of carbonyl (C=O) groups is 1. The lowest BCUT2D eigenvalue weighted by Crippen LogP contribution is -2.39. The molecule has 1 aromatic rings. The van der Waals surface area contributed by atoms with Crippen LogP contribution in [0, 0.1) is 0 Å². The predicted molar refractivity (Wildman–Crippen MR) is 79.4 cm³/mol. The number of nitrogens with two attached hydrogens (primary N) is 1. The number of nitrogen functional groups attached to an aromatic ring is 1. The maximum absolute atomic E-state index is 12.6. The van der Waals surface area contributed by atoms with Gasteiger partial charge in [0.25, 0.3) is 5.91 Å². The number of para-hydroxylation sites is 1. The molecule has 0 heterocycles. The first kappa shape index (κ1) is 13.9. The highest BCUT2D eigenvalue weighted by Crippen LogP contribution is 2.28. The van der Waals surface area contributed by atoms with Crippen molar-refractivity contribution in [1.29, 1.82) is 0 Å². The van der Waals surface area contributed by atoms with E-state index in [1.165, 1.54) is 12.8 Å². The predicted octanol–water partition coefficient (Wildman–Crippen LogP) is 3.49. The highest BCUT2D eigenvalue weighted by molar-refractivity contribution is 6.33. The van der Waals surface area contributed by atoms with Gasteiger partial charge in [-0.1, -0.05) is 36.6 Å². The van der Waals surface area contributed by atoms with Crippen LogP contribution in [-0.2, 0) is 0 Å². The number of carbonyl (C=O) groups excluding carboxylic acids is 1. The number of hydrogen-bond acceptors (Lipinski definition) is 2. The molecule has 1 aliphatic carbocycles. The summed E-state index contributed by atoms with van der Waals surface area (Å²) in [5.41, 5.74) is 6.76. The first-order valence-corrected chi connectivity index (χ1v) is 6.98. The monoisotopic (exact) mass is 278 g/mol. The van der Waals surface area contributed by atoms with Gasteiger partial charge in [-0.05, 0) is 25.0 Å². The minimum absolute atomic E-state index is 0.0493.